The zero-order chi connectivity index (χ0) is 15.7. The van der Waals surface area contributed by atoms with Gasteiger partial charge in [-0.1, -0.05) is 13.8 Å². The molecule has 1 aromatic rings. The number of rotatable bonds is 9. The van der Waals surface area contributed by atoms with E-state index >= 15 is 0 Å². The quantitative estimate of drug-likeness (QED) is 0.712. The molecule has 0 saturated carbocycles. The number of nitrogens with one attached hydrogen (secondary N) is 1. The van der Waals surface area contributed by atoms with E-state index in [0.717, 1.165) is 31.8 Å². The van der Waals surface area contributed by atoms with Gasteiger partial charge in [-0.25, -0.2) is 0 Å². The van der Waals surface area contributed by atoms with Crippen LogP contribution in [0, 0.1) is 0 Å². The molecular formula is C17H28N2O2. The molecular weight excluding hydrogens is 264 g/mol. The van der Waals surface area contributed by atoms with Gasteiger partial charge in [-0.15, -0.1) is 0 Å². The van der Waals surface area contributed by atoms with Crippen LogP contribution >= 0.6 is 0 Å². The van der Waals surface area contributed by atoms with Crippen LogP contribution in [0.4, 0.5) is 0 Å². The minimum atomic E-state index is -0.0226. The summed E-state index contributed by atoms with van der Waals surface area (Å²) < 4.78 is 5.56. The maximum Gasteiger partial charge on any atom is 0.251 e. The van der Waals surface area contributed by atoms with Gasteiger partial charge in [0.15, 0.2) is 0 Å². The molecule has 4 nitrogen and oxygen atoms in total. The molecule has 0 aliphatic carbocycles. The van der Waals surface area contributed by atoms with Crippen molar-refractivity contribution in [1.82, 2.24) is 10.2 Å². The van der Waals surface area contributed by atoms with Gasteiger partial charge >= 0.3 is 0 Å². The van der Waals surface area contributed by atoms with Crippen molar-refractivity contribution >= 4 is 5.91 Å². The van der Waals surface area contributed by atoms with Gasteiger partial charge in [0.05, 0.1) is 6.10 Å². The molecule has 4 heteroatoms. The smallest absolute Gasteiger partial charge is 0.251 e. The van der Waals surface area contributed by atoms with Crippen molar-refractivity contribution in [3.63, 3.8) is 0 Å². The summed E-state index contributed by atoms with van der Waals surface area (Å²) in [5, 5.41) is 2.96. The lowest BCUT2D eigenvalue weighted by atomic mass is 10.2. The van der Waals surface area contributed by atoms with Gasteiger partial charge in [-0.3, -0.25) is 4.79 Å². The molecule has 1 aromatic carbocycles. The van der Waals surface area contributed by atoms with E-state index < -0.39 is 0 Å². The summed E-state index contributed by atoms with van der Waals surface area (Å²) in [6.07, 6.45) is 1.12. The third kappa shape index (κ3) is 6.63. The monoisotopic (exact) mass is 292 g/mol. The molecule has 0 unspecified atom stereocenters. The predicted octanol–water partition coefficient (Wildman–Crippen LogP) is 2.94. The number of hydrogen-bond donors (Lipinski definition) is 1. The normalized spacial score (nSPS) is 11.0. The Morgan fingerprint density at radius 3 is 2.33 bits per heavy atom. The van der Waals surface area contributed by atoms with Gasteiger partial charge in [-0.2, -0.15) is 0 Å². The first-order valence-electron chi connectivity index (χ1n) is 7.84. The molecule has 0 atom stereocenters. The molecule has 0 radical (unpaired) electrons. The van der Waals surface area contributed by atoms with E-state index in [4.69, 9.17) is 4.74 Å². The van der Waals surface area contributed by atoms with Crippen LogP contribution in [0.15, 0.2) is 24.3 Å². The minimum absolute atomic E-state index is 0.0226. The topological polar surface area (TPSA) is 41.6 Å². The average molecular weight is 292 g/mol. The van der Waals surface area contributed by atoms with E-state index in [1.165, 1.54) is 0 Å². The molecule has 0 fully saturated rings. The van der Waals surface area contributed by atoms with Crippen LogP contribution < -0.4 is 10.1 Å². The second-order valence-corrected chi connectivity index (χ2v) is 5.33. The van der Waals surface area contributed by atoms with Gasteiger partial charge in [0, 0.05) is 12.1 Å². The Hall–Kier alpha value is -1.55. The van der Waals surface area contributed by atoms with Crippen LogP contribution in [0.2, 0.25) is 0 Å². The minimum Gasteiger partial charge on any atom is -0.491 e. The summed E-state index contributed by atoms with van der Waals surface area (Å²) >= 11 is 0. The molecule has 0 aliphatic rings. The molecule has 21 heavy (non-hydrogen) atoms. The Balaban J connectivity index is 2.35. The molecule has 0 aliphatic heterocycles. The Kier molecular flexibility index (Phi) is 7.83. The van der Waals surface area contributed by atoms with E-state index in [-0.39, 0.29) is 12.0 Å². The number of carbonyl (C=O) groups excluding carboxylic acids is 1. The van der Waals surface area contributed by atoms with Crippen molar-refractivity contribution < 1.29 is 9.53 Å². The first kappa shape index (κ1) is 17.5. The first-order valence-corrected chi connectivity index (χ1v) is 7.84. The van der Waals surface area contributed by atoms with Gasteiger partial charge < -0.3 is 15.0 Å². The van der Waals surface area contributed by atoms with Gasteiger partial charge in [0.25, 0.3) is 5.91 Å². The molecule has 0 bridgehead atoms. The van der Waals surface area contributed by atoms with Gasteiger partial charge in [0.1, 0.15) is 5.75 Å². The number of carbonyl (C=O) groups is 1. The lowest BCUT2D eigenvalue weighted by Crippen LogP contribution is -2.29. The summed E-state index contributed by atoms with van der Waals surface area (Å²) in [6, 6.07) is 7.28. The Morgan fingerprint density at radius 2 is 1.81 bits per heavy atom. The first-order chi connectivity index (χ1) is 10.1. The molecule has 1 rings (SSSR count). The summed E-state index contributed by atoms with van der Waals surface area (Å²) in [7, 11) is 0. The molecule has 0 spiro atoms. The molecule has 1 amide bonds. The lowest BCUT2D eigenvalue weighted by molar-refractivity contribution is 0.0952. The van der Waals surface area contributed by atoms with Crippen LogP contribution in [0.3, 0.4) is 0 Å². The Labute approximate surface area is 128 Å². The van der Waals surface area contributed by atoms with Crippen molar-refractivity contribution in [3.05, 3.63) is 29.8 Å². The highest BCUT2D eigenvalue weighted by molar-refractivity contribution is 5.94. The average Bonchev–Trinajstić information content (AvgIpc) is 2.47. The largest absolute Gasteiger partial charge is 0.491 e. The number of amides is 1. The predicted molar refractivity (Wildman–Crippen MR) is 86.9 cm³/mol. The van der Waals surface area contributed by atoms with E-state index in [2.05, 4.69) is 24.1 Å². The van der Waals surface area contributed by atoms with Crippen molar-refractivity contribution in [2.75, 3.05) is 26.2 Å². The highest BCUT2D eigenvalue weighted by atomic mass is 16.5. The zero-order valence-corrected chi connectivity index (χ0v) is 13.7. The number of benzene rings is 1. The van der Waals surface area contributed by atoms with E-state index in [1.54, 1.807) is 12.1 Å². The second-order valence-electron chi connectivity index (χ2n) is 5.33. The molecule has 0 saturated heterocycles. The lowest BCUT2D eigenvalue weighted by Gasteiger charge is -2.17. The van der Waals surface area contributed by atoms with Crippen molar-refractivity contribution in [2.24, 2.45) is 0 Å². The van der Waals surface area contributed by atoms with Crippen LogP contribution in [0.25, 0.3) is 0 Å². The van der Waals surface area contributed by atoms with Crippen molar-refractivity contribution in [2.45, 2.75) is 40.2 Å². The fourth-order valence-corrected chi connectivity index (χ4v) is 2.10. The number of hydrogen-bond acceptors (Lipinski definition) is 3. The Bertz CT molecular complexity index is 411. The molecule has 118 valence electrons. The number of ether oxygens (including phenoxy) is 1. The second kappa shape index (κ2) is 9.40. The SMILES string of the molecule is CCN(CC)CCCNC(=O)c1ccc(OC(C)C)cc1. The van der Waals surface area contributed by atoms with E-state index in [9.17, 15) is 4.79 Å². The highest BCUT2D eigenvalue weighted by Crippen LogP contribution is 2.13. The van der Waals surface area contributed by atoms with Crippen LogP contribution in [-0.2, 0) is 0 Å². The standard InChI is InChI=1S/C17H28N2O2/c1-5-19(6-2)13-7-12-18-17(20)15-8-10-16(11-9-15)21-14(3)4/h8-11,14H,5-7,12-13H2,1-4H3,(H,18,20). The van der Waals surface area contributed by atoms with Crippen LogP contribution in [0.5, 0.6) is 5.75 Å². The van der Waals surface area contributed by atoms with Crippen molar-refractivity contribution in [1.29, 1.82) is 0 Å². The number of nitrogens with zero attached hydrogens (tertiary/aromatic N) is 1. The van der Waals surface area contributed by atoms with Crippen LogP contribution in [-0.4, -0.2) is 43.1 Å². The third-order valence-electron chi connectivity index (χ3n) is 3.32. The fourth-order valence-electron chi connectivity index (χ4n) is 2.10. The molecule has 0 heterocycles. The van der Waals surface area contributed by atoms with E-state index in [1.807, 2.05) is 26.0 Å². The summed E-state index contributed by atoms with van der Waals surface area (Å²) in [5.41, 5.74) is 0.675. The van der Waals surface area contributed by atoms with E-state index in [0.29, 0.717) is 12.1 Å². The van der Waals surface area contributed by atoms with Crippen LogP contribution in [0.1, 0.15) is 44.5 Å². The molecule has 1 N–H and O–H groups in total. The maximum absolute atomic E-state index is 12.0. The van der Waals surface area contributed by atoms with Gasteiger partial charge in [0.2, 0.25) is 0 Å². The maximum atomic E-state index is 12.0. The highest BCUT2D eigenvalue weighted by Gasteiger charge is 2.06. The van der Waals surface area contributed by atoms with Gasteiger partial charge in [-0.05, 0) is 64.2 Å². The summed E-state index contributed by atoms with van der Waals surface area (Å²) in [6.45, 7) is 12.1. The molecule has 0 aromatic heterocycles. The summed E-state index contributed by atoms with van der Waals surface area (Å²) in [5.74, 6) is 0.772. The Morgan fingerprint density at radius 1 is 1.19 bits per heavy atom. The zero-order valence-electron chi connectivity index (χ0n) is 13.7. The third-order valence-corrected chi connectivity index (χ3v) is 3.32. The summed E-state index contributed by atoms with van der Waals surface area (Å²) in [4.78, 5) is 14.3. The van der Waals surface area contributed by atoms with Crippen molar-refractivity contribution in [3.8, 4) is 5.75 Å². The fraction of sp³-hybridized carbons (Fsp3) is 0.588.